The second-order valence-electron chi connectivity index (χ2n) is 4.00. The Balaban J connectivity index is 2.51. The Hall–Kier alpha value is -0.610. The van der Waals surface area contributed by atoms with E-state index in [1.807, 2.05) is 0 Å². The summed E-state index contributed by atoms with van der Waals surface area (Å²) >= 11 is 0. The molecule has 1 saturated heterocycles. The Kier molecular flexibility index (Phi) is 3.27. The predicted octanol–water partition coefficient (Wildman–Crippen LogP) is 0.463. The molecule has 0 aromatic heterocycles. The molecule has 0 saturated carbocycles. The lowest BCUT2D eigenvalue weighted by Crippen LogP contribution is -2.37. The summed E-state index contributed by atoms with van der Waals surface area (Å²) < 4.78 is 5.19. The maximum Gasteiger partial charge on any atom is 0.310 e. The first-order valence-corrected chi connectivity index (χ1v) is 4.60. The van der Waals surface area contributed by atoms with Crippen LogP contribution in [0.25, 0.3) is 0 Å². The van der Waals surface area contributed by atoms with Crippen molar-refractivity contribution in [3.8, 4) is 0 Å². The highest BCUT2D eigenvalue weighted by Gasteiger charge is 2.35. The van der Waals surface area contributed by atoms with Gasteiger partial charge in [-0.2, -0.15) is 0 Å². The summed E-state index contributed by atoms with van der Waals surface area (Å²) in [5, 5.41) is 8.97. The minimum absolute atomic E-state index is 0.193. The van der Waals surface area contributed by atoms with Crippen LogP contribution in [-0.2, 0) is 9.53 Å². The van der Waals surface area contributed by atoms with Crippen molar-refractivity contribution >= 4 is 5.97 Å². The van der Waals surface area contributed by atoms with Gasteiger partial charge in [0.05, 0.1) is 5.41 Å². The van der Waals surface area contributed by atoms with Crippen molar-refractivity contribution in [2.24, 2.45) is 17.1 Å². The molecule has 4 heteroatoms. The fourth-order valence-electron chi connectivity index (χ4n) is 1.64. The van der Waals surface area contributed by atoms with Crippen LogP contribution < -0.4 is 5.73 Å². The number of ether oxygens (including phenoxy) is 1. The van der Waals surface area contributed by atoms with Crippen LogP contribution in [0.2, 0.25) is 0 Å². The minimum Gasteiger partial charge on any atom is -0.481 e. The highest BCUT2D eigenvalue weighted by atomic mass is 16.5. The molecule has 13 heavy (non-hydrogen) atoms. The van der Waals surface area contributed by atoms with Gasteiger partial charge in [0.2, 0.25) is 0 Å². The molecule has 0 radical (unpaired) electrons. The second-order valence-corrected chi connectivity index (χ2v) is 4.00. The molecule has 1 rings (SSSR count). The third-order valence-electron chi connectivity index (χ3n) is 2.73. The van der Waals surface area contributed by atoms with Crippen molar-refractivity contribution in [2.45, 2.75) is 19.8 Å². The van der Waals surface area contributed by atoms with Crippen molar-refractivity contribution in [1.29, 1.82) is 0 Å². The molecule has 0 aliphatic carbocycles. The smallest absolute Gasteiger partial charge is 0.310 e. The van der Waals surface area contributed by atoms with E-state index in [2.05, 4.69) is 0 Å². The van der Waals surface area contributed by atoms with Gasteiger partial charge in [0.25, 0.3) is 0 Å². The van der Waals surface area contributed by atoms with Crippen LogP contribution in [-0.4, -0.2) is 30.8 Å². The van der Waals surface area contributed by atoms with Crippen LogP contribution in [0.4, 0.5) is 0 Å². The van der Waals surface area contributed by atoms with Crippen LogP contribution in [0.15, 0.2) is 0 Å². The molecule has 1 aliphatic heterocycles. The molecule has 0 aromatic rings. The number of hydrogen-bond donors (Lipinski definition) is 2. The normalized spacial score (nSPS) is 27.1. The molecule has 3 N–H and O–H groups in total. The van der Waals surface area contributed by atoms with Crippen LogP contribution in [0, 0.1) is 11.3 Å². The second kappa shape index (κ2) is 4.07. The molecule has 2 unspecified atom stereocenters. The number of carboxylic acid groups (broad SMARTS) is 1. The van der Waals surface area contributed by atoms with Crippen molar-refractivity contribution in [1.82, 2.24) is 0 Å². The Labute approximate surface area is 78.1 Å². The van der Waals surface area contributed by atoms with E-state index in [9.17, 15) is 4.79 Å². The van der Waals surface area contributed by atoms with Gasteiger partial charge in [-0.1, -0.05) is 0 Å². The number of hydrogen-bond acceptors (Lipinski definition) is 3. The number of nitrogens with two attached hydrogens (primary N) is 1. The first-order valence-electron chi connectivity index (χ1n) is 4.60. The molecular weight excluding hydrogens is 170 g/mol. The maximum absolute atomic E-state index is 10.9. The Morgan fingerprint density at radius 2 is 2.46 bits per heavy atom. The first-order chi connectivity index (χ1) is 6.08. The highest BCUT2D eigenvalue weighted by molar-refractivity contribution is 5.74. The summed E-state index contributed by atoms with van der Waals surface area (Å²) in [5.41, 5.74) is 4.69. The topological polar surface area (TPSA) is 72.5 Å². The SMILES string of the molecule is CC(CN)(CC1CCOC1)C(=O)O. The zero-order valence-electron chi connectivity index (χ0n) is 7.95. The molecule has 1 aliphatic rings. The number of aliphatic carboxylic acids is 1. The summed E-state index contributed by atoms with van der Waals surface area (Å²) in [6.07, 6.45) is 1.59. The van der Waals surface area contributed by atoms with Gasteiger partial charge in [0.15, 0.2) is 0 Å². The van der Waals surface area contributed by atoms with Gasteiger partial charge in [-0.05, 0) is 25.7 Å². The van der Waals surface area contributed by atoms with Gasteiger partial charge in [-0.25, -0.2) is 0 Å². The Morgan fingerprint density at radius 1 is 1.77 bits per heavy atom. The summed E-state index contributed by atoms with van der Waals surface area (Å²) in [4.78, 5) is 10.9. The summed E-state index contributed by atoms with van der Waals surface area (Å²) in [6, 6.07) is 0. The van der Waals surface area contributed by atoms with E-state index >= 15 is 0 Å². The third-order valence-corrected chi connectivity index (χ3v) is 2.73. The van der Waals surface area contributed by atoms with Crippen LogP contribution >= 0.6 is 0 Å². The average Bonchev–Trinajstić information content (AvgIpc) is 2.56. The minimum atomic E-state index is -0.804. The zero-order chi connectivity index (χ0) is 9.90. The van der Waals surface area contributed by atoms with E-state index in [0.717, 1.165) is 13.0 Å². The maximum atomic E-state index is 10.9. The van der Waals surface area contributed by atoms with Crippen molar-refractivity contribution in [3.63, 3.8) is 0 Å². The summed E-state index contributed by atoms with van der Waals surface area (Å²) in [5.74, 6) is -0.438. The quantitative estimate of drug-likeness (QED) is 0.670. The van der Waals surface area contributed by atoms with E-state index in [0.29, 0.717) is 18.9 Å². The Bertz CT molecular complexity index is 189. The standard InChI is InChI=1S/C9H17NO3/c1-9(6-10,8(11)12)4-7-2-3-13-5-7/h7H,2-6,10H2,1H3,(H,11,12). The van der Waals surface area contributed by atoms with E-state index < -0.39 is 11.4 Å². The molecule has 0 aromatic carbocycles. The molecule has 2 atom stereocenters. The number of rotatable bonds is 4. The molecule has 1 fully saturated rings. The van der Waals surface area contributed by atoms with Gasteiger partial charge in [0, 0.05) is 19.8 Å². The molecule has 0 bridgehead atoms. The van der Waals surface area contributed by atoms with Gasteiger partial charge in [-0.15, -0.1) is 0 Å². The fraction of sp³-hybridized carbons (Fsp3) is 0.889. The van der Waals surface area contributed by atoms with Crippen LogP contribution in [0.3, 0.4) is 0 Å². The molecule has 0 amide bonds. The van der Waals surface area contributed by atoms with Gasteiger partial charge in [0.1, 0.15) is 0 Å². The predicted molar refractivity (Wildman–Crippen MR) is 48.3 cm³/mol. The van der Waals surface area contributed by atoms with E-state index in [-0.39, 0.29) is 6.54 Å². The third kappa shape index (κ3) is 2.42. The largest absolute Gasteiger partial charge is 0.481 e. The molecular formula is C9H17NO3. The lowest BCUT2D eigenvalue weighted by atomic mass is 9.81. The Morgan fingerprint density at radius 3 is 2.85 bits per heavy atom. The van der Waals surface area contributed by atoms with E-state index in [1.54, 1.807) is 6.92 Å². The van der Waals surface area contributed by atoms with Gasteiger partial charge >= 0.3 is 5.97 Å². The molecule has 4 nitrogen and oxygen atoms in total. The summed E-state index contributed by atoms with van der Waals surface area (Å²) in [6.45, 7) is 3.33. The number of carboxylic acids is 1. The summed E-state index contributed by atoms with van der Waals surface area (Å²) in [7, 11) is 0. The molecule has 1 heterocycles. The lowest BCUT2D eigenvalue weighted by Gasteiger charge is -2.25. The van der Waals surface area contributed by atoms with E-state index in [4.69, 9.17) is 15.6 Å². The van der Waals surface area contributed by atoms with Crippen LogP contribution in [0.5, 0.6) is 0 Å². The van der Waals surface area contributed by atoms with Gasteiger partial charge in [-0.3, -0.25) is 4.79 Å². The monoisotopic (exact) mass is 187 g/mol. The molecule has 76 valence electrons. The van der Waals surface area contributed by atoms with Crippen LogP contribution in [0.1, 0.15) is 19.8 Å². The van der Waals surface area contributed by atoms with Crippen molar-refractivity contribution < 1.29 is 14.6 Å². The highest BCUT2D eigenvalue weighted by Crippen LogP contribution is 2.29. The van der Waals surface area contributed by atoms with E-state index in [1.165, 1.54) is 0 Å². The molecule has 0 spiro atoms. The average molecular weight is 187 g/mol. The van der Waals surface area contributed by atoms with Crippen molar-refractivity contribution in [3.05, 3.63) is 0 Å². The zero-order valence-corrected chi connectivity index (χ0v) is 7.95. The number of carbonyl (C=O) groups is 1. The van der Waals surface area contributed by atoms with Crippen molar-refractivity contribution in [2.75, 3.05) is 19.8 Å². The fourth-order valence-corrected chi connectivity index (χ4v) is 1.64. The lowest BCUT2D eigenvalue weighted by molar-refractivity contribution is -0.148. The first kappa shape index (κ1) is 10.5. The van der Waals surface area contributed by atoms with Gasteiger partial charge < -0.3 is 15.6 Å².